The smallest absolute Gasteiger partial charge is 0.0218 e. The van der Waals surface area contributed by atoms with Crippen LogP contribution in [-0.4, -0.2) is 0 Å². The maximum atomic E-state index is 2.45. The summed E-state index contributed by atoms with van der Waals surface area (Å²) in [6.07, 6.45) is 11.0. The Labute approximate surface area is 133 Å². The molecular formula is C22H24. The summed E-state index contributed by atoms with van der Waals surface area (Å²) >= 11 is 0. The van der Waals surface area contributed by atoms with Crippen LogP contribution in [0.25, 0.3) is 11.1 Å². The Morgan fingerprint density at radius 2 is 1.32 bits per heavy atom. The summed E-state index contributed by atoms with van der Waals surface area (Å²) in [4.78, 5) is 0. The summed E-state index contributed by atoms with van der Waals surface area (Å²) in [6, 6.07) is 14.1. The largest absolute Gasteiger partial charge is 0.0885 e. The second kappa shape index (κ2) is 5.12. The van der Waals surface area contributed by atoms with Crippen molar-refractivity contribution in [3.63, 3.8) is 0 Å². The van der Waals surface area contributed by atoms with Gasteiger partial charge in [-0.3, -0.25) is 0 Å². The van der Waals surface area contributed by atoms with E-state index in [1.807, 2.05) is 0 Å². The molecule has 22 heavy (non-hydrogen) atoms. The van der Waals surface area contributed by atoms with Crippen LogP contribution in [0.15, 0.2) is 48.6 Å². The van der Waals surface area contributed by atoms with Crippen molar-refractivity contribution in [2.45, 2.75) is 51.4 Å². The molecule has 0 fully saturated rings. The molecule has 0 radical (unpaired) electrons. The van der Waals surface area contributed by atoms with Gasteiger partial charge in [0.25, 0.3) is 0 Å². The predicted octanol–water partition coefficient (Wildman–Crippen LogP) is 6.09. The third kappa shape index (κ3) is 1.97. The van der Waals surface area contributed by atoms with Crippen LogP contribution in [-0.2, 0) is 5.41 Å². The van der Waals surface area contributed by atoms with Gasteiger partial charge < -0.3 is 0 Å². The van der Waals surface area contributed by atoms with Crippen molar-refractivity contribution in [1.82, 2.24) is 0 Å². The lowest BCUT2D eigenvalue weighted by molar-refractivity contribution is 0.430. The molecule has 1 spiro atoms. The molecule has 2 aromatic carbocycles. The molecule has 0 nitrogen and oxygen atoms in total. The van der Waals surface area contributed by atoms with Crippen molar-refractivity contribution in [3.05, 3.63) is 70.8 Å². The fourth-order valence-corrected chi connectivity index (χ4v) is 4.47. The Balaban J connectivity index is 1.99. The van der Waals surface area contributed by atoms with E-state index in [1.54, 1.807) is 11.1 Å². The molecule has 0 N–H and O–H groups in total. The normalized spacial score (nSPS) is 18.6. The Hall–Kier alpha value is -1.82. The van der Waals surface area contributed by atoms with E-state index in [1.165, 1.54) is 54.4 Å². The van der Waals surface area contributed by atoms with Crippen LogP contribution in [0.5, 0.6) is 0 Å². The first-order valence-corrected chi connectivity index (χ1v) is 8.58. The first kappa shape index (κ1) is 13.8. The number of hydrogen-bond donors (Lipinski definition) is 0. The molecule has 2 aromatic rings. The van der Waals surface area contributed by atoms with Crippen LogP contribution in [0.4, 0.5) is 0 Å². The number of allylic oxidation sites excluding steroid dienone is 2. The van der Waals surface area contributed by atoms with E-state index >= 15 is 0 Å². The molecule has 0 unspecified atom stereocenters. The van der Waals surface area contributed by atoms with Crippen molar-refractivity contribution in [2.75, 3.05) is 0 Å². The van der Waals surface area contributed by atoms with Crippen LogP contribution >= 0.6 is 0 Å². The summed E-state index contributed by atoms with van der Waals surface area (Å²) in [5, 5.41) is 0. The average Bonchev–Trinajstić information content (AvgIpc) is 2.73. The molecule has 0 bridgehead atoms. The molecule has 112 valence electrons. The third-order valence-corrected chi connectivity index (χ3v) is 5.55. The first-order valence-electron chi connectivity index (χ1n) is 8.58. The van der Waals surface area contributed by atoms with Gasteiger partial charge in [-0.05, 0) is 68.2 Å². The fraction of sp³-hybridized carbons (Fsp3) is 0.364. The van der Waals surface area contributed by atoms with Gasteiger partial charge in [0.15, 0.2) is 0 Å². The molecule has 0 heterocycles. The van der Waals surface area contributed by atoms with E-state index in [0.717, 1.165) is 0 Å². The number of rotatable bonds is 0. The molecule has 0 aliphatic heterocycles. The van der Waals surface area contributed by atoms with Gasteiger partial charge in [0.1, 0.15) is 0 Å². The van der Waals surface area contributed by atoms with Crippen molar-refractivity contribution in [2.24, 2.45) is 0 Å². The molecule has 0 amide bonds. The van der Waals surface area contributed by atoms with Gasteiger partial charge in [0.2, 0.25) is 0 Å². The van der Waals surface area contributed by atoms with Crippen LogP contribution in [0.2, 0.25) is 0 Å². The molecule has 4 rings (SSSR count). The quantitative estimate of drug-likeness (QED) is 0.514. The van der Waals surface area contributed by atoms with Crippen molar-refractivity contribution in [3.8, 4) is 11.1 Å². The molecule has 2 aliphatic carbocycles. The average molecular weight is 288 g/mol. The standard InChI is InChI=1S/C22H24/c1-16-8-10-18-19-11-9-17(2)15-21(19)22(20(18)14-16)12-6-4-3-5-7-13-22/h3-4,8-11,14-15H,5-7,12-13H2,1-2H3. The molecule has 0 saturated heterocycles. The Morgan fingerprint density at radius 3 is 1.95 bits per heavy atom. The zero-order valence-electron chi connectivity index (χ0n) is 13.7. The van der Waals surface area contributed by atoms with E-state index in [2.05, 4.69) is 62.4 Å². The summed E-state index contributed by atoms with van der Waals surface area (Å²) in [5.41, 5.74) is 9.15. The van der Waals surface area contributed by atoms with Crippen LogP contribution < -0.4 is 0 Å². The number of benzene rings is 2. The van der Waals surface area contributed by atoms with E-state index < -0.39 is 0 Å². The zero-order chi connectivity index (χ0) is 15.2. The third-order valence-electron chi connectivity index (χ3n) is 5.55. The first-order chi connectivity index (χ1) is 10.7. The Bertz CT molecular complexity index is 697. The second-order valence-electron chi connectivity index (χ2n) is 7.08. The lowest BCUT2D eigenvalue weighted by Gasteiger charge is -2.33. The minimum atomic E-state index is 0.244. The Kier molecular flexibility index (Phi) is 3.22. The summed E-state index contributed by atoms with van der Waals surface area (Å²) in [6.45, 7) is 4.45. The lowest BCUT2D eigenvalue weighted by atomic mass is 9.70. The molecular weight excluding hydrogens is 264 g/mol. The van der Waals surface area contributed by atoms with Crippen LogP contribution in [0, 0.1) is 13.8 Å². The topological polar surface area (TPSA) is 0 Å². The highest BCUT2D eigenvalue weighted by Crippen LogP contribution is 2.54. The highest BCUT2D eigenvalue weighted by Gasteiger charge is 2.42. The molecule has 0 atom stereocenters. The van der Waals surface area contributed by atoms with Crippen LogP contribution in [0.1, 0.15) is 54.4 Å². The maximum Gasteiger partial charge on any atom is 0.0218 e. The van der Waals surface area contributed by atoms with Gasteiger partial charge >= 0.3 is 0 Å². The monoisotopic (exact) mass is 288 g/mol. The number of fused-ring (bicyclic) bond motifs is 5. The van der Waals surface area contributed by atoms with E-state index in [0.29, 0.717) is 0 Å². The fourth-order valence-electron chi connectivity index (χ4n) is 4.47. The maximum absolute atomic E-state index is 2.45. The predicted molar refractivity (Wildman–Crippen MR) is 94.4 cm³/mol. The second-order valence-corrected chi connectivity index (χ2v) is 7.08. The molecule has 2 aliphatic rings. The summed E-state index contributed by atoms with van der Waals surface area (Å²) in [7, 11) is 0. The van der Waals surface area contributed by atoms with Gasteiger partial charge in [-0.15, -0.1) is 0 Å². The Morgan fingerprint density at radius 1 is 0.727 bits per heavy atom. The SMILES string of the molecule is Cc1ccc2c(c1)C1(CCC=CCCC1)c1cc(C)ccc1-2. The highest BCUT2D eigenvalue weighted by atomic mass is 14.4. The van der Waals surface area contributed by atoms with E-state index in [4.69, 9.17) is 0 Å². The minimum Gasteiger partial charge on any atom is -0.0885 e. The number of aryl methyl sites for hydroxylation is 2. The minimum absolute atomic E-state index is 0.244. The van der Waals surface area contributed by atoms with Gasteiger partial charge in [-0.1, -0.05) is 59.7 Å². The van der Waals surface area contributed by atoms with Crippen molar-refractivity contribution < 1.29 is 0 Å². The van der Waals surface area contributed by atoms with Gasteiger partial charge in [0.05, 0.1) is 0 Å². The van der Waals surface area contributed by atoms with Gasteiger partial charge in [0, 0.05) is 5.41 Å². The van der Waals surface area contributed by atoms with Crippen LogP contribution in [0.3, 0.4) is 0 Å². The molecule has 0 heteroatoms. The number of hydrogen-bond acceptors (Lipinski definition) is 0. The summed E-state index contributed by atoms with van der Waals surface area (Å²) in [5.74, 6) is 0. The van der Waals surface area contributed by atoms with E-state index in [-0.39, 0.29) is 5.41 Å². The van der Waals surface area contributed by atoms with Gasteiger partial charge in [-0.25, -0.2) is 0 Å². The van der Waals surface area contributed by atoms with Crippen molar-refractivity contribution >= 4 is 0 Å². The summed E-state index contributed by atoms with van der Waals surface area (Å²) < 4.78 is 0. The molecule has 0 saturated carbocycles. The van der Waals surface area contributed by atoms with E-state index in [9.17, 15) is 0 Å². The lowest BCUT2D eigenvalue weighted by Crippen LogP contribution is -2.26. The van der Waals surface area contributed by atoms with Gasteiger partial charge in [-0.2, -0.15) is 0 Å². The molecule has 0 aromatic heterocycles. The zero-order valence-corrected chi connectivity index (χ0v) is 13.7. The van der Waals surface area contributed by atoms with Crippen molar-refractivity contribution in [1.29, 1.82) is 0 Å². The highest BCUT2D eigenvalue weighted by molar-refractivity contribution is 5.81.